The summed E-state index contributed by atoms with van der Waals surface area (Å²) in [6, 6.07) is 15.1. The molecule has 26 heavy (non-hydrogen) atoms. The minimum atomic E-state index is -0.352. The van der Waals surface area contributed by atoms with E-state index in [0.29, 0.717) is 11.3 Å². The molecule has 0 amide bonds. The summed E-state index contributed by atoms with van der Waals surface area (Å²) < 4.78 is 5.10. The minimum absolute atomic E-state index is 0.175. The van der Waals surface area contributed by atoms with Crippen LogP contribution in [0.25, 0.3) is 11.3 Å². The minimum Gasteiger partial charge on any atom is -0.497 e. The highest BCUT2D eigenvalue weighted by atomic mass is 16.5. The van der Waals surface area contributed by atoms with Gasteiger partial charge >= 0.3 is 0 Å². The lowest BCUT2D eigenvalue weighted by Gasteiger charge is -2.03. The van der Waals surface area contributed by atoms with Gasteiger partial charge in [0.1, 0.15) is 5.75 Å². The highest BCUT2D eigenvalue weighted by molar-refractivity contribution is 5.80. The van der Waals surface area contributed by atoms with Crippen LogP contribution in [0.5, 0.6) is 5.75 Å². The highest BCUT2D eigenvalue weighted by Gasteiger charge is 2.07. The Balaban J connectivity index is 1.70. The predicted molar refractivity (Wildman–Crippen MR) is 102 cm³/mol. The number of hydrogen-bond donors (Lipinski definition) is 2. The Morgan fingerprint density at radius 3 is 2.46 bits per heavy atom. The van der Waals surface area contributed by atoms with Gasteiger partial charge in [-0.1, -0.05) is 31.2 Å². The van der Waals surface area contributed by atoms with Crippen LogP contribution in [0, 0.1) is 0 Å². The van der Waals surface area contributed by atoms with Gasteiger partial charge in [-0.25, -0.2) is 5.43 Å². The molecule has 0 atom stereocenters. The lowest BCUT2D eigenvalue weighted by molar-refractivity contribution is 0.415. The summed E-state index contributed by atoms with van der Waals surface area (Å²) in [5, 5.41) is 12.0. The lowest BCUT2D eigenvalue weighted by Crippen LogP contribution is -2.15. The molecule has 0 radical (unpaired) electrons. The molecule has 0 bridgehead atoms. The summed E-state index contributed by atoms with van der Waals surface area (Å²) in [7, 11) is 1.58. The topological polar surface area (TPSA) is 92.3 Å². The maximum atomic E-state index is 12.2. The smallest absolute Gasteiger partial charge is 0.279 e. The van der Waals surface area contributed by atoms with Crippen molar-refractivity contribution in [3.05, 3.63) is 70.0 Å². The van der Waals surface area contributed by atoms with Crippen LogP contribution in [0.4, 0.5) is 5.95 Å². The first-order valence-electron chi connectivity index (χ1n) is 8.19. The molecule has 1 heterocycles. The molecule has 0 unspecified atom stereocenters. The number of ether oxygens (including phenoxy) is 1. The number of nitrogens with one attached hydrogen (secondary N) is 2. The Morgan fingerprint density at radius 2 is 1.85 bits per heavy atom. The van der Waals surface area contributed by atoms with E-state index in [2.05, 4.69) is 32.6 Å². The highest BCUT2D eigenvalue weighted by Crippen LogP contribution is 2.17. The molecule has 0 fully saturated rings. The SMILES string of the molecule is CCc1ccc(/C=N/Nc2nnc(-c3ccc(OC)cc3)c(=O)[nH]2)cc1. The number of nitrogens with zero attached hydrogens (tertiary/aromatic N) is 3. The zero-order valence-corrected chi connectivity index (χ0v) is 14.6. The Labute approximate surface area is 150 Å². The molecule has 2 N–H and O–H groups in total. The van der Waals surface area contributed by atoms with Gasteiger partial charge in [-0.15, -0.1) is 10.2 Å². The number of aromatic nitrogens is 3. The van der Waals surface area contributed by atoms with E-state index in [4.69, 9.17) is 4.74 Å². The molecule has 0 saturated carbocycles. The molecule has 2 aromatic carbocycles. The average molecular weight is 349 g/mol. The third kappa shape index (κ3) is 4.13. The molecule has 3 rings (SSSR count). The summed E-state index contributed by atoms with van der Waals surface area (Å²) in [5.41, 5.74) is 5.43. The third-order valence-corrected chi connectivity index (χ3v) is 3.83. The van der Waals surface area contributed by atoms with Crippen LogP contribution in [0.1, 0.15) is 18.1 Å². The molecular weight excluding hydrogens is 330 g/mol. The fourth-order valence-corrected chi connectivity index (χ4v) is 2.33. The van der Waals surface area contributed by atoms with Crippen LogP contribution in [0.15, 0.2) is 58.4 Å². The van der Waals surface area contributed by atoms with Crippen molar-refractivity contribution in [2.24, 2.45) is 5.10 Å². The van der Waals surface area contributed by atoms with E-state index in [-0.39, 0.29) is 17.2 Å². The second-order valence-corrected chi connectivity index (χ2v) is 5.54. The summed E-state index contributed by atoms with van der Waals surface area (Å²) >= 11 is 0. The van der Waals surface area contributed by atoms with E-state index in [1.165, 1.54) is 5.56 Å². The van der Waals surface area contributed by atoms with Crippen molar-refractivity contribution in [2.75, 3.05) is 12.5 Å². The molecule has 3 aromatic rings. The number of anilines is 1. The monoisotopic (exact) mass is 349 g/mol. The van der Waals surface area contributed by atoms with Crippen molar-refractivity contribution < 1.29 is 4.74 Å². The molecular formula is C19H19N5O2. The van der Waals surface area contributed by atoms with Gasteiger partial charge in [0.2, 0.25) is 5.95 Å². The standard InChI is InChI=1S/C19H19N5O2/c1-3-13-4-6-14(7-5-13)12-20-23-19-21-18(25)17(22-24-19)15-8-10-16(26-2)11-9-15/h4-12H,3H2,1-2H3,(H2,21,23,24,25)/b20-12+. The van der Waals surface area contributed by atoms with Crippen molar-refractivity contribution in [1.82, 2.24) is 15.2 Å². The first kappa shape index (κ1) is 17.3. The molecule has 7 nitrogen and oxygen atoms in total. The van der Waals surface area contributed by atoms with Gasteiger partial charge < -0.3 is 4.74 Å². The number of aromatic amines is 1. The maximum absolute atomic E-state index is 12.2. The van der Waals surface area contributed by atoms with Crippen molar-refractivity contribution in [1.29, 1.82) is 0 Å². The van der Waals surface area contributed by atoms with Gasteiger partial charge in [0.25, 0.3) is 5.56 Å². The number of methoxy groups -OCH3 is 1. The van der Waals surface area contributed by atoms with E-state index in [9.17, 15) is 4.79 Å². The van der Waals surface area contributed by atoms with Crippen LogP contribution in [0.3, 0.4) is 0 Å². The van der Waals surface area contributed by atoms with Crippen LogP contribution in [0.2, 0.25) is 0 Å². The van der Waals surface area contributed by atoms with E-state index in [1.807, 2.05) is 24.3 Å². The first-order chi connectivity index (χ1) is 12.7. The number of aryl methyl sites for hydroxylation is 1. The van der Waals surface area contributed by atoms with E-state index >= 15 is 0 Å². The van der Waals surface area contributed by atoms with E-state index in [1.54, 1.807) is 37.6 Å². The zero-order chi connectivity index (χ0) is 18.4. The molecule has 7 heteroatoms. The van der Waals surface area contributed by atoms with Crippen LogP contribution < -0.4 is 15.7 Å². The Morgan fingerprint density at radius 1 is 1.12 bits per heavy atom. The fourth-order valence-electron chi connectivity index (χ4n) is 2.33. The molecule has 0 aliphatic carbocycles. The molecule has 0 aliphatic rings. The van der Waals surface area contributed by atoms with E-state index < -0.39 is 0 Å². The molecule has 1 aromatic heterocycles. The largest absolute Gasteiger partial charge is 0.497 e. The van der Waals surface area contributed by atoms with Gasteiger partial charge in [0.15, 0.2) is 5.69 Å². The van der Waals surface area contributed by atoms with E-state index in [0.717, 1.165) is 12.0 Å². The number of hydrazone groups is 1. The van der Waals surface area contributed by atoms with Crippen molar-refractivity contribution in [2.45, 2.75) is 13.3 Å². The fraction of sp³-hybridized carbons (Fsp3) is 0.158. The Hall–Kier alpha value is -3.48. The predicted octanol–water partition coefficient (Wildman–Crippen LogP) is 2.85. The van der Waals surface area contributed by atoms with Gasteiger partial charge in [-0.2, -0.15) is 5.10 Å². The number of benzene rings is 2. The maximum Gasteiger partial charge on any atom is 0.279 e. The second-order valence-electron chi connectivity index (χ2n) is 5.54. The first-order valence-corrected chi connectivity index (χ1v) is 8.19. The normalized spacial score (nSPS) is 10.8. The molecule has 0 aliphatic heterocycles. The van der Waals surface area contributed by atoms with Gasteiger partial charge in [0.05, 0.1) is 13.3 Å². The van der Waals surface area contributed by atoms with Crippen LogP contribution in [-0.4, -0.2) is 28.5 Å². The van der Waals surface area contributed by atoms with Crippen molar-refractivity contribution in [3.63, 3.8) is 0 Å². The number of rotatable bonds is 6. The quantitative estimate of drug-likeness (QED) is 0.527. The van der Waals surface area contributed by atoms with Gasteiger partial charge in [0, 0.05) is 5.56 Å². The summed E-state index contributed by atoms with van der Waals surface area (Å²) in [5.74, 6) is 0.881. The molecule has 0 saturated heterocycles. The molecule has 0 spiro atoms. The third-order valence-electron chi connectivity index (χ3n) is 3.83. The van der Waals surface area contributed by atoms with Gasteiger partial charge in [-0.3, -0.25) is 9.78 Å². The summed E-state index contributed by atoms with van der Waals surface area (Å²) in [6.45, 7) is 2.11. The Bertz CT molecular complexity index is 947. The number of hydrogen-bond acceptors (Lipinski definition) is 6. The zero-order valence-electron chi connectivity index (χ0n) is 14.6. The average Bonchev–Trinajstić information content (AvgIpc) is 2.69. The lowest BCUT2D eigenvalue weighted by atomic mass is 10.1. The summed E-state index contributed by atoms with van der Waals surface area (Å²) in [6.07, 6.45) is 2.64. The number of H-pyrrole nitrogens is 1. The summed E-state index contributed by atoms with van der Waals surface area (Å²) in [4.78, 5) is 14.8. The van der Waals surface area contributed by atoms with Crippen molar-refractivity contribution in [3.8, 4) is 17.0 Å². The molecule has 132 valence electrons. The second kappa shape index (κ2) is 8.06. The Kier molecular flexibility index (Phi) is 5.38. The van der Waals surface area contributed by atoms with Gasteiger partial charge in [-0.05, 0) is 41.8 Å². The van der Waals surface area contributed by atoms with Crippen LogP contribution >= 0.6 is 0 Å². The van der Waals surface area contributed by atoms with Crippen molar-refractivity contribution >= 4 is 12.2 Å². The van der Waals surface area contributed by atoms with Crippen LogP contribution in [-0.2, 0) is 6.42 Å².